The number of carbonyl (C=O) groups is 1. The van der Waals surface area contributed by atoms with Gasteiger partial charge in [0, 0.05) is 31.9 Å². The third-order valence-corrected chi connectivity index (χ3v) is 5.63. The highest BCUT2D eigenvalue weighted by Crippen LogP contribution is 2.29. The average Bonchev–Trinajstić information content (AvgIpc) is 2.97. The predicted octanol–water partition coefficient (Wildman–Crippen LogP) is 2.08. The fraction of sp³-hybridized carbons (Fsp3) is 0.789. The van der Waals surface area contributed by atoms with Crippen LogP contribution in [0, 0.1) is 12.8 Å². The number of aliphatic hydroxyl groups is 1. The van der Waals surface area contributed by atoms with Crippen LogP contribution in [0.2, 0.25) is 0 Å². The molecule has 1 amide bonds. The Morgan fingerprint density at radius 2 is 2.12 bits per heavy atom. The second kappa shape index (κ2) is 7.87. The molecule has 1 aliphatic heterocycles. The summed E-state index contributed by atoms with van der Waals surface area (Å²) in [6.07, 6.45) is 7.76. The van der Waals surface area contributed by atoms with Crippen LogP contribution in [0.3, 0.4) is 0 Å². The Hall–Kier alpha value is -1.40. The molecule has 1 aliphatic carbocycles. The number of aromatic nitrogens is 2. The minimum atomic E-state index is -1.26. The van der Waals surface area contributed by atoms with Crippen molar-refractivity contribution in [3.8, 4) is 0 Å². The minimum absolute atomic E-state index is 0.0746. The minimum Gasteiger partial charge on any atom is -0.379 e. The summed E-state index contributed by atoms with van der Waals surface area (Å²) < 4.78 is 0. The van der Waals surface area contributed by atoms with Crippen molar-refractivity contribution >= 4 is 5.91 Å². The number of hydrogen-bond donors (Lipinski definition) is 2. The second-order valence-corrected chi connectivity index (χ2v) is 8.10. The summed E-state index contributed by atoms with van der Waals surface area (Å²) in [6.45, 7) is 4.57. The van der Waals surface area contributed by atoms with E-state index in [-0.39, 0.29) is 5.91 Å². The van der Waals surface area contributed by atoms with Crippen LogP contribution in [-0.2, 0) is 11.3 Å². The number of hydrogen-bond acceptors (Lipinski definition) is 4. The SMILES string of the molecule is Cc1cc(CN(C)C[C@]2(O)CCCN(CC3CCCCC3)C2=O)n[nH]1. The summed E-state index contributed by atoms with van der Waals surface area (Å²) >= 11 is 0. The molecule has 0 aromatic carbocycles. The Kier molecular flexibility index (Phi) is 5.79. The van der Waals surface area contributed by atoms with Gasteiger partial charge < -0.3 is 10.0 Å². The van der Waals surface area contributed by atoms with Crippen molar-refractivity contribution in [2.75, 3.05) is 26.7 Å². The zero-order valence-corrected chi connectivity index (χ0v) is 15.6. The van der Waals surface area contributed by atoms with Gasteiger partial charge in [-0.1, -0.05) is 19.3 Å². The van der Waals surface area contributed by atoms with Crippen molar-refractivity contribution in [1.29, 1.82) is 0 Å². The predicted molar refractivity (Wildman–Crippen MR) is 97.0 cm³/mol. The number of likely N-dealkylation sites (N-methyl/N-ethyl adjacent to an activating group) is 1. The lowest BCUT2D eigenvalue weighted by molar-refractivity contribution is -0.160. The molecule has 140 valence electrons. The molecule has 1 aromatic rings. The van der Waals surface area contributed by atoms with E-state index in [4.69, 9.17) is 0 Å². The van der Waals surface area contributed by atoms with Crippen LogP contribution < -0.4 is 0 Å². The first-order valence-electron chi connectivity index (χ1n) is 9.67. The molecule has 6 heteroatoms. The number of piperidine rings is 1. The van der Waals surface area contributed by atoms with E-state index >= 15 is 0 Å². The molecule has 1 aromatic heterocycles. The summed E-state index contributed by atoms with van der Waals surface area (Å²) in [5, 5.41) is 18.2. The lowest BCUT2D eigenvalue weighted by Gasteiger charge is -2.41. The maximum absolute atomic E-state index is 12.9. The molecule has 2 N–H and O–H groups in total. The van der Waals surface area contributed by atoms with Crippen LogP contribution in [0.1, 0.15) is 56.3 Å². The number of nitrogens with one attached hydrogen (secondary N) is 1. The van der Waals surface area contributed by atoms with Crippen molar-refractivity contribution in [1.82, 2.24) is 20.0 Å². The molecule has 3 rings (SSSR count). The van der Waals surface area contributed by atoms with Gasteiger partial charge in [0.25, 0.3) is 5.91 Å². The Bertz CT molecular complexity index is 582. The fourth-order valence-corrected chi connectivity index (χ4v) is 4.40. The van der Waals surface area contributed by atoms with E-state index in [9.17, 15) is 9.90 Å². The molecule has 1 atom stereocenters. The lowest BCUT2D eigenvalue weighted by Crippen LogP contribution is -2.58. The molecule has 2 aliphatic rings. The molecule has 0 spiro atoms. The largest absolute Gasteiger partial charge is 0.379 e. The molecule has 2 fully saturated rings. The van der Waals surface area contributed by atoms with Gasteiger partial charge in [-0.3, -0.25) is 14.8 Å². The summed E-state index contributed by atoms with van der Waals surface area (Å²) in [5.41, 5.74) is 0.702. The maximum Gasteiger partial charge on any atom is 0.255 e. The van der Waals surface area contributed by atoms with E-state index in [2.05, 4.69) is 10.2 Å². The molecule has 1 saturated heterocycles. The van der Waals surface area contributed by atoms with Crippen molar-refractivity contribution in [3.63, 3.8) is 0 Å². The number of amides is 1. The third kappa shape index (κ3) is 4.61. The summed E-state index contributed by atoms with van der Waals surface area (Å²) in [5.74, 6) is 0.541. The van der Waals surface area contributed by atoms with Crippen LogP contribution in [0.25, 0.3) is 0 Å². The molecular weight excluding hydrogens is 316 g/mol. The number of aromatic amines is 1. The molecule has 0 bridgehead atoms. The quantitative estimate of drug-likeness (QED) is 0.826. The van der Waals surface area contributed by atoms with Crippen molar-refractivity contribution in [2.45, 2.75) is 64.0 Å². The van der Waals surface area contributed by atoms with Gasteiger partial charge in [0.15, 0.2) is 5.60 Å². The van der Waals surface area contributed by atoms with Gasteiger partial charge in [-0.25, -0.2) is 0 Å². The van der Waals surface area contributed by atoms with Gasteiger partial charge in [-0.15, -0.1) is 0 Å². The van der Waals surface area contributed by atoms with Crippen molar-refractivity contribution in [3.05, 3.63) is 17.5 Å². The Balaban J connectivity index is 1.57. The molecule has 0 unspecified atom stereocenters. The van der Waals surface area contributed by atoms with Crippen LogP contribution in [0.4, 0.5) is 0 Å². The van der Waals surface area contributed by atoms with Crippen LogP contribution in [0.15, 0.2) is 6.07 Å². The van der Waals surface area contributed by atoms with E-state index in [1.807, 2.05) is 29.8 Å². The van der Waals surface area contributed by atoms with Crippen LogP contribution >= 0.6 is 0 Å². The molecule has 6 nitrogen and oxygen atoms in total. The summed E-state index contributed by atoms with van der Waals surface area (Å²) in [4.78, 5) is 16.9. The zero-order valence-electron chi connectivity index (χ0n) is 15.6. The van der Waals surface area contributed by atoms with Crippen molar-refractivity contribution in [2.24, 2.45) is 5.92 Å². The maximum atomic E-state index is 12.9. The van der Waals surface area contributed by atoms with E-state index in [0.717, 1.165) is 30.9 Å². The summed E-state index contributed by atoms with van der Waals surface area (Å²) in [6, 6.07) is 2.00. The first kappa shape index (κ1) is 18.4. The highest BCUT2D eigenvalue weighted by molar-refractivity contribution is 5.86. The highest BCUT2D eigenvalue weighted by atomic mass is 16.3. The molecule has 2 heterocycles. The van der Waals surface area contributed by atoms with Gasteiger partial charge in [0.2, 0.25) is 0 Å². The van der Waals surface area contributed by atoms with E-state index < -0.39 is 5.60 Å². The van der Waals surface area contributed by atoms with Crippen molar-refractivity contribution < 1.29 is 9.90 Å². The lowest BCUT2D eigenvalue weighted by atomic mass is 9.86. The monoisotopic (exact) mass is 348 g/mol. The second-order valence-electron chi connectivity index (χ2n) is 8.10. The fourth-order valence-electron chi connectivity index (χ4n) is 4.40. The number of aryl methyl sites for hydroxylation is 1. The number of H-pyrrole nitrogens is 1. The standard InChI is InChI=1S/C19H32N4O2/c1-15-11-17(21-20-15)13-22(2)14-19(25)9-6-10-23(18(19)24)12-16-7-4-3-5-8-16/h11,16,25H,3-10,12-14H2,1-2H3,(H,20,21)/t19-/m1/s1. The molecule has 25 heavy (non-hydrogen) atoms. The van der Waals surface area contributed by atoms with Gasteiger partial charge in [-0.05, 0) is 51.6 Å². The number of likely N-dealkylation sites (tertiary alicyclic amines) is 1. The van der Waals surface area contributed by atoms with Gasteiger partial charge in [0.05, 0.1) is 5.69 Å². The first-order valence-corrected chi connectivity index (χ1v) is 9.67. The molecule has 1 saturated carbocycles. The van der Waals surface area contributed by atoms with Crippen LogP contribution in [-0.4, -0.2) is 63.3 Å². The average molecular weight is 348 g/mol. The highest BCUT2D eigenvalue weighted by Gasteiger charge is 2.43. The zero-order chi connectivity index (χ0) is 17.9. The molecule has 0 radical (unpaired) electrons. The summed E-state index contributed by atoms with van der Waals surface area (Å²) in [7, 11) is 1.94. The smallest absolute Gasteiger partial charge is 0.255 e. The van der Waals surface area contributed by atoms with Gasteiger partial charge >= 0.3 is 0 Å². The number of carbonyl (C=O) groups excluding carboxylic acids is 1. The van der Waals surface area contributed by atoms with E-state index in [1.54, 1.807) is 0 Å². The Morgan fingerprint density at radius 1 is 1.36 bits per heavy atom. The number of rotatable bonds is 6. The van der Waals surface area contributed by atoms with Crippen LogP contribution in [0.5, 0.6) is 0 Å². The van der Waals surface area contributed by atoms with E-state index in [0.29, 0.717) is 25.4 Å². The van der Waals surface area contributed by atoms with Gasteiger partial charge in [0.1, 0.15) is 0 Å². The Labute approximate surface area is 150 Å². The van der Waals surface area contributed by atoms with Gasteiger partial charge in [-0.2, -0.15) is 5.10 Å². The Morgan fingerprint density at radius 3 is 2.80 bits per heavy atom. The normalized spacial score (nSPS) is 25.8. The van der Waals surface area contributed by atoms with E-state index in [1.165, 1.54) is 32.1 Å². The third-order valence-electron chi connectivity index (χ3n) is 5.63. The molecular formula is C19H32N4O2. The topological polar surface area (TPSA) is 72.5 Å². The first-order chi connectivity index (χ1) is 12.0. The number of nitrogens with zero attached hydrogens (tertiary/aromatic N) is 3.